The summed E-state index contributed by atoms with van der Waals surface area (Å²) >= 11 is 1.21. The number of nitrogens with zero attached hydrogens (tertiary/aromatic N) is 2. The van der Waals surface area contributed by atoms with E-state index in [2.05, 4.69) is 9.72 Å². The fourth-order valence-electron chi connectivity index (χ4n) is 2.80. The highest BCUT2D eigenvalue weighted by molar-refractivity contribution is 7.12. The molecule has 0 atom stereocenters. The molecule has 3 aromatic rings. The van der Waals surface area contributed by atoms with Crippen LogP contribution in [0.1, 0.15) is 43.4 Å². The van der Waals surface area contributed by atoms with Crippen LogP contribution in [0, 0.1) is 0 Å². The number of Topliss-reactive ketones (excluding diaryl/α,β-unsaturated/α-hetero) is 1. The number of methoxy groups -OCH3 is 1. The minimum atomic E-state index is -0.623. The van der Waals surface area contributed by atoms with E-state index in [4.69, 9.17) is 4.74 Å². The van der Waals surface area contributed by atoms with Crippen molar-refractivity contribution < 1.29 is 23.9 Å². The monoisotopic (exact) mass is 414 g/mol. The van der Waals surface area contributed by atoms with Gasteiger partial charge in [0.1, 0.15) is 5.60 Å². The van der Waals surface area contributed by atoms with E-state index in [1.54, 1.807) is 11.6 Å². The summed E-state index contributed by atoms with van der Waals surface area (Å²) in [6.45, 7) is 5.43. The summed E-state index contributed by atoms with van der Waals surface area (Å²) in [5.74, 6) is -0.655. The van der Waals surface area contributed by atoms with Gasteiger partial charge in [-0.15, -0.1) is 11.3 Å². The maximum absolute atomic E-state index is 12.6. The molecule has 3 rings (SSSR count). The molecular weight excluding hydrogens is 392 g/mol. The Kier molecular flexibility index (Phi) is 5.83. The van der Waals surface area contributed by atoms with E-state index in [-0.39, 0.29) is 18.6 Å². The zero-order valence-electron chi connectivity index (χ0n) is 16.7. The molecule has 0 fully saturated rings. The van der Waals surface area contributed by atoms with Gasteiger partial charge in [0.15, 0.2) is 10.8 Å². The van der Waals surface area contributed by atoms with Crippen molar-refractivity contribution in [3.05, 3.63) is 40.8 Å². The Morgan fingerprint density at radius 2 is 1.86 bits per heavy atom. The van der Waals surface area contributed by atoms with Crippen LogP contribution in [0.5, 0.6) is 0 Å². The highest BCUT2D eigenvalue weighted by Gasteiger charge is 2.22. The summed E-state index contributed by atoms with van der Waals surface area (Å²) in [7, 11) is 1.29. The van der Waals surface area contributed by atoms with E-state index in [1.807, 2.05) is 45.0 Å². The summed E-state index contributed by atoms with van der Waals surface area (Å²) in [5, 5.41) is 2.92. The largest absolute Gasteiger partial charge is 0.469 e. The van der Waals surface area contributed by atoms with Gasteiger partial charge < -0.3 is 9.47 Å². The van der Waals surface area contributed by atoms with Crippen LogP contribution < -0.4 is 0 Å². The number of ketones is 1. The van der Waals surface area contributed by atoms with Crippen LogP contribution in [-0.2, 0) is 14.3 Å². The molecule has 0 radical (unpaired) electrons. The van der Waals surface area contributed by atoms with Gasteiger partial charge in [-0.2, -0.15) is 0 Å². The number of carbonyl (C=O) groups is 3. The number of rotatable bonds is 5. The van der Waals surface area contributed by atoms with Crippen LogP contribution >= 0.6 is 11.3 Å². The first-order valence-electron chi connectivity index (χ1n) is 9.09. The number of benzene rings is 1. The number of esters is 1. The van der Waals surface area contributed by atoms with E-state index in [1.165, 1.54) is 23.0 Å². The van der Waals surface area contributed by atoms with Gasteiger partial charge in [0.25, 0.3) is 0 Å². The van der Waals surface area contributed by atoms with Crippen LogP contribution in [0.3, 0.4) is 0 Å². The van der Waals surface area contributed by atoms with Crippen LogP contribution in [-0.4, -0.2) is 40.1 Å². The SMILES string of the molecule is COC(=O)CCC(=O)c1nc(-c2cn(C(=O)OC(C)(C)C)c3ccccc23)cs1. The lowest BCUT2D eigenvalue weighted by molar-refractivity contribution is -0.140. The minimum Gasteiger partial charge on any atom is -0.469 e. The number of thiazole rings is 1. The molecule has 2 heterocycles. The summed E-state index contributed by atoms with van der Waals surface area (Å²) < 4.78 is 11.5. The molecule has 1 aromatic carbocycles. The van der Waals surface area contributed by atoms with Crippen molar-refractivity contribution in [2.75, 3.05) is 7.11 Å². The highest BCUT2D eigenvalue weighted by atomic mass is 32.1. The Hall–Kier alpha value is -3.00. The van der Waals surface area contributed by atoms with Crippen LogP contribution in [0.15, 0.2) is 35.8 Å². The second-order valence-corrected chi connectivity index (χ2v) is 8.31. The third-order valence-corrected chi connectivity index (χ3v) is 4.99. The number of aromatic nitrogens is 2. The molecule has 0 unspecified atom stereocenters. The van der Waals surface area contributed by atoms with Crippen molar-refractivity contribution in [1.29, 1.82) is 0 Å². The molecule has 0 aliphatic carbocycles. The molecule has 0 aliphatic rings. The van der Waals surface area contributed by atoms with Crippen molar-refractivity contribution in [2.45, 2.75) is 39.2 Å². The molecule has 0 N–H and O–H groups in total. The smallest absolute Gasteiger partial charge is 0.419 e. The summed E-state index contributed by atoms with van der Waals surface area (Å²) in [6, 6.07) is 7.44. The third-order valence-electron chi connectivity index (χ3n) is 4.10. The van der Waals surface area contributed by atoms with Crippen LogP contribution in [0.2, 0.25) is 0 Å². The number of fused-ring (bicyclic) bond motifs is 1. The normalized spacial score (nSPS) is 11.4. The predicted octanol–water partition coefficient (Wildman–Crippen LogP) is 4.68. The fraction of sp³-hybridized carbons (Fsp3) is 0.333. The van der Waals surface area contributed by atoms with Crippen molar-refractivity contribution in [2.24, 2.45) is 0 Å². The number of hydrogen-bond acceptors (Lipinski definition) is 7. The molecule has 0 spiro atoms. The molecule has 7 nitrogen and oxygen atoms in total. The van der Waals surface area contributed by atoms with E-state index in [0.717, 1.165) is 10.9 Å². The standard InChI is InChI=1S/C21H22N2O5S/c1-21(2,3)28-20(26)23-11-14(13-7-5-6-8-16(13)23)15-12-29-19(22-15)17(24)9-10-18(25)27-4/h5-8,11-12H,9-10H2,1-4H3. The minimum absolute atomic E-state index is 0.0161. The molecule has 2 aromatic heterocycles. The highest BCUT2D eigenvalue weighted by Crippen LogP contribution is 2.32. The van der Waals surface area contributed by atoms with Crippen molar-refractivity contribution in [3.8, 4) is 11.3 Å². The molecule has 0 bridgehead atoms. The van der Waals surface area contributed by atoms with E-state index in [0.29, 0.717) is 16.2 Å². The average molecular weight is 414 g/mol. The van der Waals surface area contributed by atoms with E-state index < -0.39 is 17.7 Å². The molecule has 152 valence electrons. The van der Waals surface area contributed by atoms with Crippen molar-refractivity contribution in [1.82, 2.24) is 9.55 Å². The van der Waals surface area contributed by atoms with Gasteiger partial charge in [0.2, 0.25) is 0 Å². The maximum Gasteiger partial charge on any atom is 0.419 e. The summed E-state index contributed by atoms with van der Waals surface area (Å²) in [6.07, 6.45) is 1.25. The molecule has 0 saturated heterocycles. The van der Waals surface area contributed by atoms with E-state index in [9.17, 15) is 14.4 Å². The average Bonchev–Trinajstić information content (AvgIpc) is 3.29. The van der Waals surface area contributed by atoms with Crippen molar-refractivity contribution in [3.63, 3.8) is 0 Å². The number of ether oxygens (including phenoxy) is 2. The van der Waals surface area contributed by atoms with Gasteiger partial charge >= 0.3 is 12.1 Å². The molecular formula is C21H22N2O5S. The topological polar surface area (TPSA) is 87.5 Å². The second kappa shape index (κ2) is 8.16. The Labute approximate surface area is 172 Å². The van der Waals surface area contributed by atoms with Gasteiger partial charge in [-0.05, 0) is 26.8 Å². The zero-order chi connectivity index (χ0) is 21.2. The molecule has 0 amide bonds. The Morgan fingerprint density at radius 1 is 1.14 bits per heavy atom. The second-order valence-electron chi connectivity index (χ2n) is 7.45. The first-order chi connectivity index (χ1) is 13.7. The van der Waals surface area contributed by atoms with Crippen LogP contribution in [0.4, 0.5) is 4.79 Å². The third kappa shape index (κ3) is 4.71. The summed E-state index contributed by atoms with van der Waals surface area (Å²) in [4.78, 5) is 40.6. The Bertz CT molecular complexity index is 1070. The number of para-hydroxylation sites is 1. The molecule has 0 saturated carbocycles. The lowest BCUT2D eigenvalue weighted by Gasteiger charge is -2.19. The van der Waals surface area contributed by atoms with E-state index >= 15 is 0 Å². The van der Waals surface area contributed by atoms with Gasteiger partial charge in [-0.25, -0.2) is 9.78 Å². The quantitative estimate of drug-likeness (QED) is 0.445. The molecule has 8 heteroatoms. The zero-order valence-corrected chi connectivity index (χ0v) is 17.5. The number of hydrogen-bond donors (Lipinski definition) is 0. The van der Waals surface area contributed by atoms with Gasteiger partial charge in [0, 0.05) is 28.9 Å². The predicted molar refractivity (Wildman–Crippen MR) is 110 cm³/mol. The fourth-order valence-corrected chi connectivity index (χ4v) is 3.58. The Balaban J connectivity index is 1.93. The van der Waals surface area contributed by atoms with Gasteiger partial charge in [-0.1, -0.05) is 18.2 Å². The molecule has 0 aliphatic heterocycles. The Morgan fingerprint density at radius 3 is 2.55 bits per heavy atom. The first-order valence-corrected chi connectivity index (χ1v) is 9.97. The van der Waals surface area contributed by atoms with Crippen LogP contribution in [0.25, 0.3) is 22.2 Å². The van der Waals surface area contributed by atoms with Gasteiger partial charge in [0.05, 0.1) is 24.7 Å². The lowest BCUT2D eigenvalue weighted by Crippen LogP contribution is -2.26. The number of carbonyl (C=O) groups excluding carboxylic acids is 3. The first kappa shape index (κ1) is 20.7. The summed E-state index contributed by atoms with van der Waals surface area (Å²) in [5.41, 5.74) is 1.40. The maximum atomic E-state index is 12.6. The molecule has 29 heavy (non-hydrogen) atoms. The lowest BCUT2D eigenvalue weighted by atomic mass is 10.1. The van der Waals surface area contributed by atoms with Crippen molar-refractivity contribution >= 4 is 40.1 Å². The van der Waals surface area contributed by atoms with Gasteiger partial charge in [-0.3, -0.25) is 14.2 Å².